The summed E-state index contributed by atoms with van der Waals surface area (Å²) in [5.74, 6) is 0.549. The Labute approximate surface area is 174 Å². The van der Waals surface area contributed by atoms with Crippen LogP contribution < -0.4 is 4.90 Å². The number of thiazole rings is 1. The highest BCUT2D eigenvalue weighted by Gasteiger charge is 2.30. The van der Waals surface area contributed by atoms with Crippen molar-refractivity contribution in [3.05, 3.63) is 36.7 Å². The van der Waals surface area contributed by atoms with Gasteiger partial charge >= 0.3 is 0 Å². The molecule has 1 amide bonds. The van der Waals surface area contributed by atoms with Crippen molar-refractivity contribution in [1.82, 2.24) is 19.9 Å². The van der Waals surface area contributed by atoms with Crippen molar-refractivity contribution in [2.45, 2.75) is 32.1 Å². The molecule has 0 unspecified atom stereocenters. The molecule has 150 valence electrons. The fourth-order valence-electron chi connectivity index (χ4n) is 4.31. The number of piperidine rings is 2. The van der Waals surface area contributed by atoms with E-state index in [1.54, 1.807) is 23.7 Å². The first kappa shape index (κ1) is 18.5. The van der Waals surface area contributed by atoms with Crippen molar-refractivity contribution < 1.29 is 4.79 Å². The van der Waals surface area contributed by atoms with E-state index in [9.17, 15) is 4.79 Å². The van der Waals surface area contributed by atoms with Gasteiger partial charge in [0, 0.05) is 50.1 Å². The molecule has 3 aromatic rings. The summed E-state index contributed by atoms with van der Waals surface area (Å²) in [6.07, 6.45) is 8.98. The summed E-state index contributed by atoms with van der Waals surface area (Å²) in [5, 5.41) is 1.02. The molecule has 3 aromatic heterocycles. The summed E-state index contributed by atoms with van der Waals surface area (Å²) < 4.78 is 0. The first-order valence-corrected chi connectivity index (χ1v) is 11.3. The van der Waals surface area contributed by atoms with Crippen LogP contribution in [-0.4, -0.2) is 51.9 Å². The van der Waals surface area contributed by atoms with Crippen molar-refractivity contribution in [2.24, 2.45) is 5.92 Å². The van der Waals surface area contributed by atoms with Gasteiger partial charge in [0.05, 0.1) is 5.69 Å². The van der Waals surface area contributed by atoms with E-state index < -0.39 is 0 Å². The van der Waals surface area contributed by atoms with E-state index in [1.165, 1.54) is 6.42 Å². The quantitative estimate of drug-likeness (QED) is 0.657. The number of pyridine rings is 2. The van der Waals surface area contributed by atoms with Crippen LogP contribution >= 0.6 is 11.3 Å². The molecule has 0 atom stereocenters. The molecule has 2 saturated heterocycles. The standard InChI is InChI=1S/C22H25N5OS/c28-21(26-12-2-1-3-13-26)17-8-14-27(15-9-17)22-25-19-5-4-18(24-20(19)29-22)16-6-10-23-11-7-16/h4-7,10-11,17H,1-3,8-9,12-15H2. The molecule has 2 aliphatic rings. The van der Waals surface area contributed by atoms with Crippen LogP contribution in [0.25, 0.3) is 21.6 Å². The molecule has 0 spiro atoms. The van der Waals surface area contributed by atoms with Gasteiger partial charge in [0.15, 0.2) is 5.13 Å². The number of hydrogen-bond acceptors (Lipinski definition) is 6. The molecule has 5 heterocycles. The minimum Gasteiger partial charge on any atom is -0.348 e. The zero-order chi connectivity index (χ0) is 19.6. The minimum absolute atomic E-state index is 0.176. The summed E-state index contributed by atoms with van der Waals surface area (Å²) in [4.78, 5) is 31.8. The third-order valence-corrected chi connectivity index (χ3v) is 7.03. The first-order valence-electron chi connectivity index (χ1n) is 10.5. The van der Waals surface area contributed by atoms with Gasteiger partial charge in [-0.05, 0) is 56.4 Å². The Morgan fingerprint density at radius 3 is 2.45 bits per heavy atom. The SMILES string of the molecule is O=C(C1CCN(c2nc3ccc(-c4ccncc4)nc3s2)CC1)N1CCCCC1. The molecular weight excluding hydrogens is 382 g/mol. The molecule has 0 bridgehead atoms. The summed E-state index contributed by atoms with van der Waals surface area (Å²) >= 11 is 1.64. The summed E-state index contributed by atoms with van der Waals surface area (Å²) in [5.41, 5.74) is 2.95. The molecular formula is C22H25N5OS. The van der Waals surface area contributed by atoms with Crippen LogP contribution in [0.4, 0.5) is 5.13 Å². The van der Waals surface area contributed by atoms with Crippen molar-refractivity contribution >= 4 is 32.7 Å². The van der Waals surface area contributed by atoms with E-state index in [1.807, 2.05) is 24.3 Å². The van der Waals surface area contributed by atoms with Crippen molar-refractivity contribution in [2.75, 3.05) is 31.1 Å². The van der Waals surface area contributed by atoms with Gasteiger partial charge in [-0.25, -0.2) is 9.97 Å². The Hall–Kier alpha value is -2.54. The molecule has 2 fully saturated rings. The maximum atomic E-state index is 12.8. The number of fused-ring (bicyclic) bond motifs is 1. The van der Waals surface area contributed by atoms with Crippen LogP contribution in [0.3, 0.4) is 0 Å². The zero-order valence-electron chi connectivity index (χ0n) is 16.5. The fourth-order valence-corrected chi connectivity index (χ4v) is 5.31. The monoisotopic (exact) mass is 407 g/mol. The maximum absolute atomic E-state index is 12.8. The summed E-state index contributed by atoms with van der Waals surface area (Å²) in [6, 6.07) is 8.01. The predicted molar refractivity (Wildman–Crippen MR) is 116 cm³/mol. The molecule has 0 N–H and O–H groups in total. The number of hydrogen-bond donors (Lipinski definition) is 0. The number of amides is 1. The number of carbonyl (C=O) groups is 1. The number of carbonyl (C=O) groups excluding carboxylic acids is 1. The summed E-state index contributed by atoms with van der Waals surface area (Å²) in [6.45, 7) is 3.67. The second-order valence-electron chi connectivity index (χ2n) is 7.90. The number of likely N-dealkylation sites (tertiary alicyclic amines) is 1. The minimum atomic E-state index is 0.176. The molecule has 29 heavy (non-hydrogen) atoms. The van der Waals surface area contributed by atoms with E-state index >= 15 is 0 Å². The normalized spacial score (nSPS) is 18.3. The lowest BCUT2D eigenvalue weighted by Crippen LogP contribution is -2.44. The number of nitrogens with zero attached hydrogens (tertiary/aromatic N) is 5. The van der Waals surface area contributed by atoms with Crippen LogP contribution in [0, 0.1) is 5.92 Å². The molecule has 0 aromatic carbocycles. The third-order valence-electron chi connectivity index (χ3n) is 6.00. The molecule has 0 saturated carbocycles. The van der Waals surface area contributed by atoms with Gasteiger partial charge in [-0.1, -0.05) is 11.3 Å². The van der Waals surface area contributed by atoms with Gasteiger partial charge in [-0.2, -0.15) is 0 Å². The molecule has 0 aliphatic carbocycles. The average Bonchev–Trinajstić information content (AvgIpc) is 3.23. The predicted octanol–water partition coefficient (Wildman–Crippen LogP) is 3.98. The molecule has 5 rings (SSSR count). The van der Waals surface area contributed by atoms with Gasteiger partial charge in [0.1, 0.15) is 10.3 Å². The van der Waals surface area contributed by atoms with E-state index in [4.69, 9.17) is 9.97 Å². The number of aromatic nitrogens is 3. The zero-order valence-corrected chi connectivity index (χ0v) is 17.3. The topological polar surface area (TPSA) is 62.2 Å². The number of anilines is 1. The lowest BCUT2D eigenvalue weighted by Gasteiger charge is -2.35. The Morgan fingerprint density at radius 2 is 1.69 bits per heavy atom. The van der Waals surface area contributed by atoms with Crippen molar-refractivity contribution in [1.29, 1.82) is 0 Å². The van der Waals surface area contributed by atoms with E-state index in [2.05, 4.69) is 14.8 Å². The van der Waals surface area contributed by atoms with Gasteiger partial charge in [0.2, 0.25) is 5.91 Å². The van der Waals surface area contributed by atoms with Crippen molar-refractivity contribution in [3.63, 3.8) is 0 Å². The molecule has 2 aliphatic heterocycles. The van der Waals surface area contributed by atoms with Crippen LogP contribution in [0.2, 0.25) is 0 Å². The van der Waals surface area contributed by atoms with Crippen LogP contribution in [0.5, 0.6) is 0 Å². The second-order valence-corrected chi connectivity index (χ2v) is 8.86. The third kappa shape index (κ3) is 3.83. The van der Waals surface area contributed by atoms with Crippen LogP contribution in [0.15, 0.2) is 36.7 Å². The van der Waals surface area contributed by atoms with E-state index in [0.29, 0.717) is 5.91 Å². The number of rotatable bonds is 3. The van der Waals surface area contributed by atoms with Gasteiger partial charge in [-0.3, -0.25) is 9.78 Å². The van der Waals surface area contributed by atoms with E-state index in [-0.39, 0.29) is 5.92 Å². The first-order chi connectivity index (χ1) is 14.3. The fraction of sp³-hybridized carbons (Fsp3) is 0.455. The molecule has 7 heteroatoms. The van der Waals surface area contributed by atoms with Crippen molar-refractivity contribution in [3.8, 4) is 11.3 Å². The highest BCUT2D eigenvalue weighted by atomic mass is 32.1. The van der Waals surface area contributed by atoms with Gasteiger partial charge < -0.3 is 9.80 Å². The molecule has 0 radical (unpaired) electrons. The smallest absolute Gasteiger partial charge is 0.225 e. The highest BCUT2D eigenvalue weighted by molar-refractivity contribution is 7.21. The summed E-state index contributed by atoms with van der Waals surface area (Å²) in [7, 11) is 0. The van der Waals surface area contributed by atoms with Gasteiger partial charge in [-0.15, -0.1) is 0 Å². The Bertz CT molecular complexity index is 991. The Kier molecular flexibility index (Phi) is 5.14. The largest absolute Gasteiger partial charge is 0.348 e. The van der Waals surface area contributed by atoms with Crippen LogP contribution in [0.1, 0.15) is 32.1 Å². The lowest BCUT2D eigenvalue weighted by molar-refractivity contribution is -0.137. The van der Waals surface area contributed by atoms with Crippen LogP contribution in [-0.2, 0) is 4.79 Å². The van der Waals surface area contributed by atoms with Gasteiger partial charge in [0.25, 0.3) is 0 Å². The maximum Gasteiger partial charge on any atom is 0.225 e. The Morgan fingerprint density at radius 1 is 0.931 bits per heavy atom. The van der Waals surface area contributed by atoms with E-state index in [0.717, 1.165) is 78.6 Å². The molecule has 6 nitrogen and oxygen atoms in total. The second kappa shape index (κ2) is 8.06. The Balaban J connectivity index is 1.27. The lowest BCUT2D eigenvalue weighted by atomic mass is 9.94. The highest BCUT2D eigenvalue weighted by Crippen LogP contribution is 2.32. The average molecular weight is 408 g/mol.